The van der Waals surface area contributed by atoms with E-state index in [1.807, 2.05) is 81.4 Å². The number of thiazole rings is 1. The monoisotopic (exact) mass is 577 g/mol. The number of hydrogen-bond acceptors (Lipinski definition) is 8. The maximum absolute atomic E-state index is 13.5. The number of fused-ring (bicyclic) bond motifs is 1. The molecule has 0 aliphatic rings. The Balaban J connectivity index is 1.25. The van der Waals surface area contributed by atoms with E-state index in [2.05, 4.69) is 44.7 Å². The quantitative estimate of drug-likeness (QED) is 0.159. The SMILES string of the molecule is Cc1ccc(-n2nnc(C(=O)Nc3ccc(-c4nc5ccc(C)cc5s4)cc3)c2CSc2nc(C)cc(C)n2)cc1. The lowest BCUT2D eigenvalue weighted by atomic mass is 10.2. The Labute approximate surface area is 245 Å². The lowest BCUT2D eigenvalue weighted by Crippen LogP contribution is -2.15. The summed E-state index contributed by atoms with van der Waals surface area (Å²) in [7, 11) is 0. The largest absolute Gasteiger partial charge is 0.321 e. The molecule has 0 saturated carbocycles. The molecule has 6 rings (SSSR count). The molecule has 1 amide bonds. The number of carbonyl (C=O) groups is 1. The fourth-order valence-corrected chi connectivity index (χ4v) is 6.44. The van der Waals surface area contributed by atoms with Crippen LogP contribution in [-0.4, -0.2) is 35.9 Å². The minimum Gasteiger partial charge on any atom is -0.321 e. The van der Waals surface area contributed by atoms with E-state index in [4.69, 9.17) is 4.98 Å². The molecule has 3 aromatic heterocycles. The summed E-state index contributed by atoms with van der Waals surface area (Å²) >= 11 is 3.11. The van der Waals surface area contributed by atoms with Crippen LogP contribution in [0.15, 0.2) is 78.0 Å². The molecule has 0 saturated heterocycles. The van der Waals surface area contributed by atoms with Gasteiger partial charge in [-0.1, -0.05) is 40.7 Å². The van der Waals surface area contributed by atoms with Crippen molar-refractivity contribution in [1.29, 1.82) is 0 Å². The van der Waals surface area contributed by atoms with Crippen molar-refractivity contribution in [2.24, 2.45) is 0 Å². The third-order valence-corrected chi connectivity index (χ3v) is 8.42. The van der Waals surface area contributed by atoms with Gasteiger partial charge >= 0.3 is 0 Å². The van der Waals surface area contributed by atoms with Crippen LogP contribution in [-0.2, 0) is 5.75 Å². The number of carbonyl (C=O) groups excluding carboxylic acids is 1. The third-order valence-electron chi connectivity index (χ3n) is 6.49. The van der Waals surface area contributed by atoms with Crippen molar-refractivity contribution >= 4 is 44.9 Å². The maximum Gasteiger partial charge on any atom is 0.278 e. The molecule has 0 atom stereocenters. The van der Waals surface area contributed by atoms with Gasteiger partial charge in [0.2, 0.25) is 0 Å². The number of hydrogen-bond donors (Lipinski definition) is 1. The summed E-state index contributed by atoms with van der Waals surface area (Å²) in [6.45, 7) is 8.00. The Bertz CT molecular complexity index is 1860. The second kappa shape index (κ2) is 11.2. The van der Waals surface area contributed by atoms with Gasteiger partial charge in [-0.3, -0.25) is 4.79 Å². The predicted octanol–water partition coefficient (Wildman–Crippen LogP) is 7.11. The van der Waals surface area contributed by atoms with Crippen LogP contribution in [0.2, 0.25) is 0 Å². The average Bonchev–Trinajstić information content (AvgIpc) is 3.56. The van der Waals surface area contributed by atoms with Crippen molar-refractivity contribution in [3.05, 3.63) is 107 Å². The van der Waals surface area contributed by atoms with E-state index in [9.17, 15) is 4.79 Å². The fourth-order valence-electron chi connectivity index (χ4n) is 4.43. The zero-order chi connectivity index (χ0) is 28.5. The van der Waals surface area contributed by atoms with Gasteiger partial charge < -0.3 is 5.32 Å². The van der Waals surface area contributed by atoms with Crippen LogP contribution in [0.1, 0.15) is 38.7 Å². The molecule has 0 spiro atoms. The summed E-state index contributed by atoms with van der Waals surface area (Å²) in [6.07, 6.45) is 0. The molecule has 0 radical (unpaired) electrons. The average molecular weight is 578 g/mol. The highest BCUT2D eigenvalue weighted by atomic mass is 32.2. The highest BCUT2D eigenvalue weighted by Gasteiger charge is 2.22. The van der Waals surface area contributed by atoms with E-state index >= 15 is 0 Å². The fraction of sp³-hybridized carbons (Fsp3) is 0.161. The first kappa shape index (κ1) is 26.8. The third kappa shape index (κ3) is 5.89. The number of anilines is 1. The Hall–Kier alpha value is -4.41. The lowest BCUT2D eigenvalue weighted by Gasteiger charge is -2.09. The van der Waals surface area contributed by atoms with E-state index < -0.39 is 0 Å². The van der Waals surface area contributed by atoms with E-state index in [-0.39, 0.29) is 11.6 Å². The highest BCUT2D eigenvalue weighted by Crippen LogP contribution is 2.31. The summed E-state index contributed by atoms with van der Waals surface area (Å²) < 4.78 is 2.87. The van der Waals surface area contributed by atoms with Crippen LogP contribution in [0, 0.1) is 27.7 Å². The number of nitrogens with zero attached hydrogens (tertiary/aromatic N) is 6. The van der Waals surface area contributed by atoms with E-state index in [0.717, 1.165) is 43.4 Å². The zero-order valence-corrected chi connectivity index (χ0v) is 24.7. The van der Waals surface area contributed by atoms with Gasteiger partial charge in [-0.25, -0.2) is 19.6 Å². The van der Waals surface area contributed by atoms with Gasteiger partial charge in [0, 0.05) is 28.4 Å². The predicted molar refractivity (Wildman–Crippen MR) is 165 cm³/mol. The molecule has 0 fully saturated rings. The molecule has 1 N–H and O–H groups in total. The van der Waals surface area contributed by atoms with Crippen LogP contribution >= 0.6 is 23.1 Å². The summed E-state index contributed by atoms with van der Waals surface area (Å²) in [6, 6.07) is 23.9. The molecule has 10 heteroatoms. The number of nitrogens with one attached hydrogen (secondary N) is 1. The molecular weight excluding hydrogens is 551 g/mol. The smallest absolute Gasteiger partial charge is 0.278 e. The molecule has 0 aliphatic carbocycles. The lowest BCUT2D eigenvalue weighted by molar-refractivity contribution is 0.102. The molecule has 0 aliphatic heterocycles. The van der Waals surface area contributed by atoms with Crippen LogP contribution in [0.3, 0.4) is 0 Å². The van der Waals surface area contributed by atoms with Gasteiger partial charge in [0.1, 0.15) is 5.01 Å². The topological polar surface area (TPSA) is 98.5 Å². The molecule has 0 unspecified atom stereocenters. The van der Waals surface area contributed by atoms with E-state index in [1.165, 1.54) is 17.3 Å². The molecule has 8 nitrogen and oxygen atoms in total. The molecule has 204 valence electrons. The Kier molecular flexibility index (Phi) is 7.34. The Morgan fingerprint density at radius 1 is 0.854 bits per heavy atom. The minimum atomic E-state index is -0.330. The van der Waals surface area contributed by atoms with Gasteiger partial charge in [0.15, 0.2) is 10.9 Å². The van der Waals surface area contributed by atoms with Crippen LogP contribution in [0.5, 0.6) is 0 Å². The number of thioether (sulfide) groups is 1. The van der Waals surface area contributed by atoms with Gasteiger partial charge in [-0.15, -0.1) is 16.4 Å². The van der Waals surface area contributed by atoms with Crippen molar-refractivity contribution in [2.75, 3.05) is 5.32 Å². The highest BCUT2D eigenvalue weighted by molar-refractivity contribution is 7.98. The number of aromatic nitrogens is 6. The maximum atomic E-state index is 13.5. The van der Waals surface area contributed by atoms with E-state index in [0.29, 0.717) is 22.3 Å². The molecule has 3 aromatic carbocycles. The zero-order valence-electron chi connectivity index (χ0n) is 23.0. The van der Waals surface area contributed by atoms with Crippen LogP contribution in [0.25, 0.3) is 26.5 Å². The van der Waals surface area contributed by atoms with Crippen molar-refractivity contribution in [3.8, 4) is 16.3 Å². The van der Waals surface area contributed by atoms with E-state index in [1.54, 1.807) is 16.0 Å². The molecule has 0 bridgehead atoms. The van der Waals surface area contributed by atoms with Crippen LogP contribution < -0.4 is 5.32 Å². The Morgan fingerprint density at radius 3 is 2.29 bits per heavy atom. The normalized spacial score (nSPS) is 11.2. The number of benzene rings is 3. The molecule has 3 heterocycles. The Morgan fingerprint density at radius 2 is 1.56 bits per heavy atom. The summed E-state index contributed by atoms with van der Waals surface area (Å²) in [5, 5.41) is 13.2. The first-order valence-electron chi connectivity index (χ1n) is 13.1. The summed E-state index contributed by atoms with van der Waals surface area (Å²) in [5.74, 6) is 0.0891. The van der Waals surface area contributed by atoms with Crippen LogP contribution in [0.4, 0.5) is 5.69 Å². The van der Waals surface area contributed by atoms with Crippen molar-refractivity contribution in [1.82, 2.24) is 29.9 Å². The number of rotatable bonds is 7. The van der Waals surface area contributed by atoms with Gasteiger partial charge in [-0.2, -0.15) is 0 Å². The second-order valence-corrected chi connectivity index (χ2v) is 11.8. The number of amides is 1. The van der Waals surface area contributed by atoms with Crippen molar-refractivity contribution in [2.45, 2.75) is 38.6 Å². The minimum absolute atomic E-state index is 0.257. The van der Waals surface area contributed by atoms with Gasteiger partial charge in [0.05, 0.1) is 21.6 Å². The first-order valence-corrected chi connectivity index (χ1v) is 14.9. The van der Waals surface area contributed by atoms with Crippen molar-refractivity contribution < 1.29 is 4.79 Å². The van der Waals surface area contributed by atoms with Gasteiger partial charge in [0.25, 0.3) is 5.91 Å². The first-order chi connectivity index (χ1) is 19.8. The standard InChI is InChI=1S/C31H27N7OS2/c1-18-5-12-24(13-6-18)38-26(17-40-31-32-20(3)16-21(4)33-31)28(36-37-38)29(39)34-23-10-8-22(9-11-23)30-35-25-14-7-19(2)15-27(25)41-30/h5-16H,17H2,1-4H3,(H,34,39). The molecule has 6 aromatic rings. The number of aryl methyl sites for hydroxylation is 4. The second-order valence-electron chi connectivity index (χ2n) is 9.88. The molecular formula is C31H27N7OS2. The summed E-state index contributed by atoms with van der Waals surface area (Å²) in [4.78, 5) is 27.3. The van der Waals surface area contributed by atoms with Crippen molar-refractivity contribution in [3.63, 3.8) is 0 Å². The van der Waals surface area contributed by atoms with Gasteiger partial charge in [-0.05, 0) is 87.9 Å². The summed E-state index contributed by atoms with van der Waals surface area (Å²) in [5.41, 5.74) is 8.54. The molecule has 41 heavy (non-hydrogen) atoms.